The molecule has 1 unspecified atom stereocenters. The molecule has 0 saturated heterocycles. The predicted octanol–water partition coefficient (Wildman–Crippen LogP) is 2.55. The van der Waals surface area contributed by atoms with E-state index >= 15 is 0 Å². The minimum atomic E-state index is 0.314. The van der Waals surface area contributed by atoms with Gasteiger partial charge < -0.3 is 10.3 Å². The Balaban J connectivity index is 2.30. The molecule has 1 heterocycles. The third-order valence-corrected chi connectivity index (χ3v) is 3.62. The Bertz CT molecular complexity index is 525. The number of hydrogen-bond acceptors (Lipinski definition) is 2. The van der Waals surface area contributed by atoms with Gasteiger partial charge >= 0.3 is 0 Å². The minimum Gasteiger partial charge on any atom is -0.472 e. The zero-order chi connectivity index (χ0) is 10.3. The van der Waals surface area contributed by atoms with Crippen molar-refractivity contribution >= 4 is 19.8 Å². The molecule has 2 aromatic carbocycles. The monoisotopic (exact) mass is 215 g/mol. The molecule has 15 heavy (non-hydrogen) atoms. The van der Waals surface area contributed by atoms with Gasteiger partial charge in [0, 0.05) is 16.6 Å². The SMILES string of the molecule is Nc1cccc2c1POc1ccccc1-2. The summed E-state index contributed by atoms with van der Waals surface area (Å²) in [5.41, 5.74) is 9.09. The Morgan fingerprint density at radius 1 is 0.933 bits per heavy atom. The number of anilines is 1. The molecular weight excluding hydrogens is 205 g/mol. The molecule has 0 aliphatic carbocycles. The molecule has 1 atom stereocenters. The van der Waals surface area contributed by atoms with E-state index in [9.17, 15) is 0 Å². The minimum absolute atomic E-state index is 0.314. The van der Waals surface area contributed by atoms with Crippen molar-refractivity contribution in [2.24, 2.45) is 0 Å². The molecule has 0 radical (unpaired) electrons. The maximum Gasteiger partial charge on any atom is 0.131 e. The highest BCUT2D eigenvalue weighted by molar-refractivity contribution is 7.43. The van der Waals surface area contributed by atoms with Crippen LogP contribution in [0.4, 0.5) is 5.69 Å². The van der Waals surface area contributed by atoms with Crippen molar-refractivity contribution in [1.29, 1.82) is 0 Å². The van der Waals surface area contributed by atoms with Crippen LogP contribution in [0.3, 0.4) is 0 Å². The molecule has 2 nitrogen and oxygen atoms in total. The van der Waals surface area contributed by atoms with Crippen molar-refractivity contribution in [1.82, 2.24) is 0 Å². The molecule has 2 aromatic rings. The maximum atomic E-state index is 5.93. The molecule has 3 heteroatoms. The summed E-state index contributed by atoms with van der Waals surface area (Å²) in [5, 5.41) is 1.12. The highest BCUT2D eigenvalue weighted by Gasteiger charge is 2.18. The van der Waals surface area contributed by atoms with Gasteiger partial charge in [0.1, 0.15) is 14.6 Å². The molecule has 0 aromatic heterocycles. The lowest BCUT2D eigenvalue weighted by Gasteiger charge is -2.21. The summed E-state index contributed by atoms with van der Waals surface area (Å²) in [4.78, 5) is 0. The number of nitrogens with two attached hydrogens (primary N) is 1. The van der Waals surface area contributed by atoms with Crippen molar-refractivity contribution in [2.75, 3.05) is 5.73 Å². The third kappa shape index (κ3) is 1.30. The Kier molecular flexibility index (Phi) is 1.90. The number of nitrogen functional groups attached to an aromatic ring is 1. The highest BCUT2D eigenvalue weighted by atomic mass is 31.1. The van der Waals surface area contributed by atoms with Gasteiger partial charge in [0.2, 0.25) is 0 Å². The topological polar surface area (TPSA) is 35.2 Å². The van der Waals surface area contributed by atoms with Gasteiger partial charge in [-0.2, -0.15) is 0 Å². The summed E-state index contributed by atoms with van der Waals surface area (Å²) in [6.45, 7) is 0. The summed E-state index contributed by atoms with van der Waals surface area (Å²) in [6.07, 6.45) is 0. The summed E-state index contributed by atoms with van der Waals surface area (Å²) >= 11 is 0. The molecular formula is C12H10NOP. The second-order valence-corrected chi connectivity index (χ2v) is 4.38. The van der Waals surface area contributed by atoms with Crippen LogP contribution in [0.25, 0.3) is 11.1 Å². The number of fused-ring (bicyclic) bond motifs is 3. The van der Waals surface area contributed by atoms with E-state index < -0.39 is 0 Å². The van der Waals surface area contributed by atoms with Gasteiger partial charge in [0.15, 0.2) is 0 Å². The van der Waals surface area contributed by atoms with Crippen LogP contribution >= 0.6 is 8.81 Å². The van der Waals surface area contributed by atoms with E-state index in [0.717, 1.165) is 22.3 Å². The van der Waals surface area contributed by atoms with Crippen molar-refractivity contribution in [3.05, 3.63) is 42.5 Å². The van der Waals surface area contributed by atoms with Gasteiger partial charge in [-0.1, -0.05) is 30.3 Å². The van der Waals surface area contributed by atoms with E-state index in [4.69, 9.17) is 10.3 Å². The van der Waals surface area contributed by atoms with E-state index in [1.165, 1.54) is 5.56 Å². The molecule has 3 rings (SSSR count). The lowest BCUT2D eigenvalue weighted by Crippen LogP contribution is -2.12. The average molecular weight is 215 g/mol. The molecule has 1 aliphatic rings. The molecule has 0 saturated carbocycles. The standard InChI is InChI=1S/C12H10NOP/c13-10-6-3-5-9-8-4-1-2-7-11(8)14-15-12(9)10/h1-7,15H,13H2. The fourth-order valence-electron chi connectivity index (χ4n) is 1.79. The molecule has 0 amide bonds. The smallest absolute Gasteiger partial charge is 0.131 e. The van der Waals surface area contributed by atoms with Crippen molar-refractivity contribution in [2.45, 2.75) is 0 Å². The van der Waals surface area contributed by atoms with E-state index in [0.29, 0.717) is 8.81 Å². The lowest BCUT2D eigenvalue weighted by molar-refractivity contribution is 0.638. The number of benzene rings is 2. The lowest BCUT2D eigenvalue weighted by atomic mass is 10.0. The first-order chi connectivity index (χ1) is 7.36. The predicted molar refractivity (Wildman–Crippen MR) is 64.9 cm³/mol. The van der Waals surface area contributed by atoms with Crippen LogP contribution < -0.4 is 15.6 Å². The average Bonchev–Trinajstić information content (AvgIpc) is 2.29. The summed E-state index contributed by atoms with van der Waals surface area (Å²) < 4.78 is 5.68. The number of hydrogen-bond donors (Lipinski definition) is 1. The normalized spacial score (nSPS) is 14.1. The van der Waals surface area contributed by atoms with Gasteiger partial charge in [0.05, 0.1) is 0 Å². The zero-order valence-corrected chi connectivity index (χ0v) is 9.03. The highest BCUT2D eigenvalue weighted by Crippen LogP contribution is 2.40. The molecule has 2 N–H and O–H groups in total. The van der Waals surface area contributed by atoms with Gasteiger partial charge in [-0.3, -0.25) is 0 Å². The summed E-state index contributed by atoms with van der Waals surface area (Å²) in [7, 11) is 0.314. The first kappa shape index (κ1) is 8.75. The van der Waals surface area contributed by atoms with Crippen molar-refractivity contribution < 1.29 is 4.52 Å². The van der Waals surface area contributed by atoms with Crippen LogP contribution in [0.15, 0.2) is 42.5 Å². The second kappa shape index (κ2) is 3.25. The Morgan fingerprint density at radius 3 is 2.67 bits per heavy atom. The van der Waals surface area contributed by atoms with Crippen LogP contribution in [0.5, 0.6) is 5.75 Å². The van der Waals surface area contributed by atoms with Crippen molar-refractivity contribution in [3.8, 4) is 16.9 Å². The van der Waals surface area contributed by atoms with Crippen LogP contribution in [-0.2, 0) is 0 Å². The van der Waals surface area contributed by atoms with Crippen molar-refractivity contribution in [3.63, 3.8) is 0 Å². The van der Waals surface area contributed by atoms with E-state index in [2.05, 4.69) is 12.1 Å². The van der Waals surface area contributed by atoms with Crippen LogP contribution in [0, 0.1) is 0 Å². The third-order valence-electron chi connectivity index (χ3n) is 2.54. The van der Waals surface area contributed by atoms with E-state index in [-0.39, 0.29) is 0 Å². The summed E-state index contributed by atoms with van der Waals surface area (Å²) in [6, 6.07) is 14.1. The first-order valence-electron chi connectivity index (χ1n) is 4.77. The molecule has 74 valence electrons. The Hall–Kier alpha value is -1.53. The fourth-order valence-corrected chi connectivity index (χ4v) is 2.71. The van der Waals surface area contributed by atoms with Gasteiger partial charge in [-0.25, -0.2) is 0 Å². The van der Waals surface area contributed by atoms with Crippen LogP contribution in [0.2, 0.25) is 0 Å². The quantitative estimate of drug-likeness (QED) is 0.541. The molecule has 0 fully saturated rings. The van der Waals surface area contributed by atoms with E-state index in [1.807, 2.05) is 30.3 Å². The molecule has 0 bridgehead atoms. The molecule has 1 aliphatic heterocycles. The first-order valence-corrected chi connectivity index (χ1v) is 5.68. The second-order valence-electron chi connectivity index (χ2n) is 3.47. The number of para-hydroxylation sites is 1. The van der Waals surface area contributed by atoms with E-state index in [1.54, 1.807) is 0 Å². The Labute approximate surface area is 89.9 Å². The van der Waals surface area contributed by atoms with Crippen LogP contribution in [0.1, 0.15) is 0 Å². The maximum absolute atomic E-state index is 5.93. The van der Waals surface area contributed by atoms with Gasteiger partial charge in [-0.05, 0) is 17.7 Å². The fraction of sp³-hybridized carbons (Fsp3) is 0. The van der Waals surface area contributed by atoms with Gasteiger partial charge in [0.25, 0.3) is 0 Å². The zero-order valence-electron chi connectivity index (χ0n) is 8.03. The van der Waals surface area contributed by atoms with Crippen LogP contribution in [-0.4, -0.2) is 0 Å². The Morgan fingerprint density at radius 2 is 1.73 bits per heavy atom. The molecule has 0 spiro atoms. The number of rotatable bonds is 0. The van der Waals surface area contributed by atoms with Gasteiger partial charge in [-0.15, -0.1) is 0 Å². The summed E-state index contributed by atoms with van der Waals surface area (Å²) in [5.74, 6) is 0.953. The largest absolute Gasteiger partial charge is 0.472 e.